The number of carboxylic acids is 1. The predicted octanol–water partition coefficient (Wildman–Crippen LogP) is 0.503. The maximum absolute atomic E-state index is 11.9. The zero-order chi connectivity index (χ0) is 15.2. The van der Waals surface area contributed by atoms with E-state index in [4.69, 9.17) is 5.11 Å². The van der Waals surface area contributed by atoms with Gasteiger partial charge in [-0.1, -0.05) is 6.92 Å². The molecule has 8 heteroatoms. The lowest BCUT2D eigenvalue weighted by Crippen LogP contribution is -2.32. The molecule has 2 aromatic rings. The summed E-state index contributed by atoms with van der Waals surface area (Å²) in [6, 6.07) is 6.68. The van der Waals surface area contributed by atoms with Gasteiger partial charge in [-0.3, -0.25) is 9.59 Å². The Kier molecular flexibility index (Phi) is 4.60. The van der Waals surface area contributed by atoms with Crippen LogP contribution in [0.25, 0.3) is 5.69 Å². The number of carbonyl (C=O) groups excluding carboxylic acids is 1. The van der Waals surface area contributed by atoms with Crippen LogP contribution >= 0.6 is 0 Å². The van der Waals surface area contributed by atoms with Crippen LogP contribution in [0.5, 0.6) is 0 Å². The Morgan fingerprint density at radius 1 is 1.33 bits per heavy atom. The molecule has 0 aliphatic rings. The fourth-order valence-electron chi connectivity index (χ4n) is 1.77. The average Bonchev–Trinajstić information content (AvgIpc) is 3.01. The summed E-state index contributed by atoms with van der Waals surface area (Å²) in [5, 5.41) is 22.3. The lowest BCUT2D eigenvalue weighted by molar-refractivity contribution is -0.141. The maximum Gasteiger partial charge on any atom is 0.308 e. The van der Waals surface area contributed by atoms with Crippen LogP contribution < -0.4 is 5.32 Å². The number of nitrogens with zero attached hydrogens (tertiary/aromatic N) is 4. The normalized spacial score (nSPS) is 11.9. The van der Waals surface area contributed by atoms with Gasteiger partial charge in [-0.2, -0.15) is 0 Å². The van der Waals surface area contributed by atoms with Gasteiger partial charge in [0, 0.05) is 12.1 Å². The van der Waals surface area contributed by atoms with E-state index in [1.807, 2.05) is 0 Å². The Hall–Kier alpha value is -2.77. The van der Waals surface area contributed by atoms with E-state index in [2.05, 4.69) is 20.8 Å². The molecule has 1 amide bonds. The SMILES string of the molecule is CCC(CNC(=O)c1ccc(-n2cnnn2)cc1)C(=O)O. The number of tetrazole rings is 1. The number of hydrogen-bond acceptors (Lipinski definition) is 5. The van der Waals surface area contributed by atoms with Gasteiger partial charge in [-0.15, -0.1) is 5.10 Å². The van der Waals surface area contributed by atoms with Crippen molar-refractivity contribution in [2.45, 2.75) is 13.3 Å². The van der Waals surface area contributed by atoms with Crippen molar-refractivity contribution in [3.05, 3.63) is 36.2 Å². The molecule has 0 saturated heterocycles. The fourth-order valence-corrected chi connectivity index (χ4v) is 1.77. The molecule has 21 heavy (non-hydrogen) atoms. The third kappa shape index (κ3) is 3.62. The van der Waals surface area contributed by atoms with Gasteiger partial charge >= 0.3 is 5.97 Å². The Labute approximate surface area is 120 Å². The molecular formula is C13H15N5O3. The van der Waals surface area contributed by atoms with E-state index in [9.17, 15) is 9.59 Å². The summed E-state index contributed by atoms with van der Waals surface area (Å²) in [6.45, 7) is 1.88. The van der Waals surface area contributed by atoms with Gasteiger partial charge in [-0.25, -0.2) is 4.68 Å². The quantitative estimate of drug-likeness (QED) is 0.801. The van der Waals surface area contributed by atoms with Crippen molar-refractivity contribution >= 4 is 11.9 Å². The first-order valence-corrected chi connectivity index (χ1v) is 6.46. The average molecular weight is 289 g/mol. The highest BCUT2D eigenvalue weighted by Gasteiger charge is 2.16. The van der Waals surface area contributed by atoms with Crippen LogP contribution in [-0.2, 0) is 4.79 Å². The van der Waals surface area contributed by atoms with Crippen LogP contribution in [0.4, 0.5) is 0 Å². The van der Waals surface area contributed by atoms with Crippen LogP contribution in [0.2, 0.25) is 0 Å². The lowest BCUT2D eigenvalue weighted by atomic mass is 10.1. The molecule has 0 radical (unpaired) electrons. The number of nitrogens with one attached hydrogen (secondary N) is 1. The Bertz CT molecular complexity index is 609. The monoisotopic (exact) mass is 289 g/mol. The van der Waals surface area contributed by atoms with E-state index >= 15 is 0 Å². The maximum atomic E-state index is 11.9. The summed E-state index contributed by atoms with van der Waals surface area (Å²) >= 11 is 0. The number of carboxylic acid groups (broad SMARTS) is 1. The van der Waals surface area contributed by atoms with Gasteiger partial charge in [0.25, 0.3) is 5.91 Å². The minimum atomic E-state index is -0.910. The molecule has 1 unspecified atom stereocenters. The topological polar surface area (TPSA) is 110 Å². The summed E-state index contributed by atoms with van der Waals surface area (Å²) in [4.78, 5) is 22.8. The van der Waals surface area contributed by atoms with E-state index in [0.29, 0.717) is 12.0 Å². The molecule has 110 valence electrons. The lowest BCUT2D eigenvalue weighted by Gasteiger charge is -2.11. The number of amides is 1. The molecular weight excluding hydrogens is 274 g/mol. The van der Waals surface area contributed by atoms with E-state index in [-0.39, 0.29) is 12.5 Å². The van der Waals surface area contributed by atoms with E-state index in [1.54, 1.807) is 31.2 Å². The van der Waals surface area contributed by atoms with Gasteiger partial charge in [0.2, 0.25) is 0 Å². The minimum absolute atomic E-state index is 0.111. The first kappa shape index (κ1) is 14.6. The number of aliphatic carboxylic acids is 1. The first-order chi connectivity index (χ1) is 10.1. The Morgan fingerprint density at radius 3 is 2.57 bits per heavy atom. The van der Waals surface area contributed by atoms with Crippen LogP contribution in [0.1, 0.15) is 23.7 Å². The highest BCUT2D eigenvalue weighted by atomic mass is 16.4. The minimum Gasteiger partial charge on any atom is -0.481 e. The predicted molar refractivity (Wildman–Crippen MR) is 72.9 cm³/mol. The molecule has 0 bridgehead atoms. The number of rotatable bonds is 6. The summed E-state index contributed by atoms with van der Waals surface area (Å²) in [6.07, 6.45) is 1.92. The Morgan fingerprint density at radius 2 is 2.05 bits per heavy atom. The van der Waals surface area contributed by atoms with E-state index in [1.165, 1.54) is 11.0 Å². The van der Waals surface area contributed by atoms with E-state index in [0.717, 1.165) is 5.69 Å². The second-order valence-corrected chi connectivity index (χ2v) is 4.45. The molecule has 0 saturated carbocycles. The van der Waals surface area contributed by atoms with Crippen LogP contribution in [0, 0.1) is 5.92 Å². The summed E-state index contributed by atoms with van der Waals surface area (Å²) < 4.78 is 1.47. The molecule has 1 heterocycles. The van der Waals surface area contributed by atoms with Crippen molar-refractivity contribution in [3.63, 3.8) is 0 Å². The number of hydrogen-bond donors (Lipinski definition) is 2. The molecule has 0 spiro atoms. The molecule has 0 fully saturated rings. The van der Waals surface area contributed by atoms with Crippen molar-refractivity contribution in [2.24, 2.45) is 5.92 Å². The molecule has 2 N–H and O–H groups in total. The third-order valence-electron chi connectivity index (χ3n) is 3.09. The van der Waals surface area contributed by atoms with Crippen LogP contribution in [-0.4, -0.2) is 43.7 Å². The largest absolute Gasteiger partial charge is 0.481 e. The van der Waals surface area contributed by atoms with Crippen molar-refractivity contribution in [1.82, 2.24) is 25.5 Å². The second-order valence-electron chi connectivity index (χ2n) is 4.45. The summed E-state index contributed by atoms with van der Waals surface area (Å²) in [7, 11) is 0. The zero-order valence-electron chi connectivity index (χ0n) is 11.4. The number of carbonyl (C=O) groups is 2. The first-order valence-electron chi connectivity index (χ1n) is 6.46. The molecule has 0 aliphatic heterocycles. The summed E-state index contributed by atoms with van der Waals surface area (Å²) in [5.74, 6) is -1.79. The fraction of sp³-hybridized carbons (Fsp3) is 0.308. The van der Waals surface area contributed by atoms with Gasteiger partial charge in [-0.05, 0) is 41.1 Å². The Balaban J connectivity index is 1.98. The van der Waals surface area contributed by atoms with Crippen molar-refractivity contribution < 1.29 is 14.7 Å². The van der Waals surface area contributed by atoms with Crippen molar-refractivity contribution in [3.8, 4) is 5.69 Å². The highest BCUT2D eigenvalue weighted by Crippen LogP contribution is 2.08. The molecule has 2 rings (SSSR count). The summed E-state index contributed by atoms with van der Waals surface area (Å²) in [5.41, 5.74) is 1.18. The van der Waals surface area contributed by atoms with Gasteiger partial charge in [0.05, 0.1) is 11.6 Å². The van der Waals surface area contributed by atoms with Crippen LogP contribution in [0.3, 0.4) is 0 Å². The molecule has 1 aromatic carbocycles. The van der Waals surface area contributed by atoms with Crippen molar-refractivity contribution in [2.75, 3.05) is 6.54 Å². The zero-order valence-corrected chi connectivity index (χ0v) is 11.4. The molecule has 1 atom stereocenters. The number of benzene rings is 1. The third-order valence-corrected chi connectivity index (χ3v) is 3.09. The van der Waals surface area contributed by atoms with Gasteiger partial charge < -0.3 is 10.4 Å². The number of aromatic nitrogens is 4. The van der Waals surface area contributed by atoms with Crippen LogP contribution in [0.15, 0.2) is 30.6 Å². The molecule has 0 aliphatic carbocycles. The van der Waals surface area contributed by atoms with Crippen molar-refractivity contribution in [1.29, 1.82) is 0 Å². The molecule has 8 nitrogen and oxygen atoms in total. The highest BCUT2D eigenvalue weighted by molar-refractivity contribution is 5.94. The second kappa shape index (κ2) is 6.60. The van der Waals surface area contributed by atoms with E-state index < -0.39 is 11.9 Å². The van der Waals surface area contributed by atoms with Gasteiger partial charge in [0.15, 0.2) is 0 Å². The smallest absolute Gasteiger partial charge is 0.308 e. The standard InChI is InChI=1S/C13H15N5O3/c1-2-9(13(20)21)7-14-12(19)10-3-5-11(6-4-10)18-8-15-16-17-18/h3-6,8-9H,2,7H2,1H3,(H,14,19)(H,20,21). The van der Waals surface area contributed by atoms with Gasteiger partial charge in [0.1, 0.15) is 6.33 Å². The molecule has 1 aromatic heterocycles.